The highest BCUT2D eigenvalue weighted by Crippen LogP contribution is 2.64. The lowest BCUT2D eigenvalue weighted by Crippen LogP contribution is -2.31. The summed E-state index contributed by atoms with van der Waals surface area (Å²) in [6, 6.07) is 8.41. The number of hydrogen-bond acceptors (Lipinski definition) is 2. The van der Waals surface area contributed by atoms with E-state index in [1.165, 1.54) is 55.4 Å². The van der Waals surface area contributed by atoms with Crippen LogP contribution in [-0.4, -0.2) is 30.7 Å². The molecule has 0 radical (unpaired) electrons. The minimum atomic E-state index is 0.317. The third kappa shape index (κ3) is 4.42. The summed E-state index contributed by atoms with van der Waals surface area (Å²) in [5, 5.41) is 0. The van der Waals surface area contributed by atoms with Gasteiger partial charge in [-0.15, -0.1) is 0 Å². The molecule has 2 heteroatoms. The molecule has 0 spiro atoms. The lowest BCUT2D eigenvalue weighted by Gasteiger charge is -2.34. The lowest BCUT2D eigenvalue weighted by molar-refractivity contribution is 0.224. The SMILES string of the molecule is C=Cc1ccccc1C(=C)N(C)CC12CCC(C(=C)C/N=C(\C)CCC)(CC1)C2. The van der Waals surface area contributed by atoms with Crippen LogP contribution >= 0.6 is 0 Å². The summed E-state index contributed by atoms with van der Waals surface area (Å²) in [4.78, 5) is 7.19. The summed E-state index contributed by atoms with van der Waals surface area (Å²) in [5.41, 5.74) is 6.79. The molecule has 2 bridgehead atoms. The molecule has 0 aromatic heterocycles. The van der Waals surface area contributed by atoms with Crippen molar-refractivity contribution in [1.29, 1.82) is 0 Å². The first kappa shape index (κ1) is 21.6. The molecular formula is C27H38N2. The van der Waals surface area contributed by atoms with Gasteiger partial charge < -0.3 is 4.90 Å². The Hall–Kier alpha value is -2.09. The van der Waals surface area contributed by atoms with Crippen molar-refractivity contribution in [1.82, 2.24) is 4.90 Å². The molecule has 2 aliphatic carbocycles. The molecule has 0 heterocycles. The van der Waals surface area contributed by atoms with Gasteiger partial charge in [0.1, 0.15) is 0 Å². The molecule has 0 saturated heterocycles. The molecule has 2 nitrogen and oxygen atoms in total. The van der Waals surface area contributed by atoms with Crippen molar-refractivity contribution in [2.75, 3.05) is 20.1 Å². The first-order valence-corrected chi connectivity index (χ1v) is 11.1. The second kappa shape index (κ2) is 8.73. The van der Waals surface area contributed by atoms with Crippen molar-refractivity contribution in [3.05, 3.63) is 60.7 Å². The maximum absolute atomic E-state index is 4.82. The smallest absolute Gasteiger partial charge is 0.0601 e. The van der Waals surface area contributed by atoms with E-state index in [-0.39, 0.29) is 0 Å². The van der Waals surface area contributed by atoms with Gasteiger partial charge in [-0.05, 0) is 67.4 Å². The van der Waals surface area contributed by atoms with Gasteiger partial charge in [0.25, 0.3) is 0 Å². The van der Waals surface area contributed by atoms with Crippen molar-refractivity contribution in [2.24, 2.45) is 15.8 Å². The number of rotatable bonds is 10. The molecule has 2 fully saturated rings. The average Bonchev–Trinajstić information content (AvgIpc) is 3.28. The van der Waals surface area contributed by atoms with Gasteiger partial charge in [-0.3, -0.25) is 4.99 Å². The first-order valence-electron chi connectivity index (χ1n) is 11.1. The van der Waals surface area contributed by atoms with E-state index in [0.29, 0.717) is 10.8 Å². The molecule has 156 valence electrons. The number of hydrogen-bond donors (Lipinski definition) is 0. The van der Waals surface area contributed by atoms with Crippen LogP contribution in [0.25, 0.3) is 11.8 Å². The van der Waals surface area contributed by atoms with Crippen molar-refractivity contribution < 1.29 is 0 Å². The molecule has 0 atom stereocenters. The Labute approximate surface area is 178 Å². The van der Waals surface area contributed by atoms with Gasteiger partial charge in [0.2, 0.25) is 0 Å². The normalized spacial score (nSPS) is 25.8. The Balaban J connectivity index is 1.66. The van der Waals surface area contributed by atoms with Gasteiger partial charge in [0.15, 0.2) is 0 Å². The van der Waals surface area contributed by atoms with Crippen LogP contribution in [-0.2, 0) is 0 Å². The van der Waals surface area contributed by atoms with Crippen molar-refractivity contribution in [3.63, 3.8) is 0 Å². The van der Waals surface area contributed by atoms with Crippen LogP contribution in [0.15, 0.2) is 54.6 Å². The number of aliphatic imine (C=N–C) groups is 1. The van der Waals surface area contributed by atoms with Crippen molar-refractivity contribution in [2.45, 2.75) is 58.8 Å². The van der Waals surface area contributed by atoms with Gasteiger partial charge in [-0.2, -0.15) is 0 Å². The zero-order valence-electron chi connectivity index (χ0n) is 18.8. The van der Waals surface area contributed by atoms with Gasteiger partial charge in [0, 0.05) is 30.6 Å². The van der Waals surface area contributed by atoms with Crippen LogP contribution in [0.2, 0.25) is 0 Å². The third-order valence-corrected chi connectivity index (χ3v) is 7.41. The molecule has 0 amide bonds. The van der Waals surface area contributed by atoms with Crippen LogP contribution in [0.3, 0.4) is 0 Å². The van der Waals surface area contributed by atoms with E-state index in [4.69, 9.17) is 4.99 Å². The highest BCUT2D eigenvalue weighted by atomic mass is 15.1. The molecule has 2 aliphatic rings. The Kier molecular flexibility index (Phi) is 6.51. The Morgan fingerprint density at radius 3 is 2.52 bits per heavy atom. The molecule has 1 aromatic rings. The Morgan fingerprint density at radius 1 is 1.17 bits per heavy atom. The molecule has 1 aromatic carbocycles. The van der Waals surface area contributed by atoms with Gasteiger partial charge in [-0.25, -0.2) is 0 Å². The highest BCUT2D eigenvalue weighted by Gasteiger charge is 2.55. The summed E-state index contributed by atoms with van der Waals surface area (Å²) in [5.74, 6) is 0. The van der Waals surface area contributed by atoms with Gasteiger partial charge >= 0.3 is 0 Å². The molecule has 0 unspecified atom stereocenters. The van der Waals surface area contributed by atoms with Crippen molar-refractivity contribution in [3.8, 4) is 0 Å². The second-order valence-corrected chi connectivity index (χ2v) is 9.46. The fourth-order valence-electron chi connectivity index (χ4n) is 5.60. The van der Waals surface area contributed by atoms with E-state index >= 15 is 0 Å². The molecule has 29 heavy (non-hydrogen) atoms. The third-order valence-electron chi connectivity index (χ3n) is 7.41. The summed E-state index contributed by atoms with van der Waals surface area (Å²) < 4.78 is 0. The largest absolute Gasteiger partial charge is 0.374 e. The highest BCUT2D eigenvalue weighted by molar-refractivity contribution is 5.81. The van der Waals surface area contributed by atoms with Gasteiger partial charge in [-0.1, -0.05) is 63.4 Å². The number of benzene rings is 1. The van der Waals surface area contributed by atoms with Crippen molar-refractivity contribution >= 4 is 17.5 Å². The topological polar surface area (TPSA) is 15.6 Å². The quantitative estimate of drug-likeness (QED) is 0.310. The minimum Gasteiger partial charge on any atom is -0.374 e. The summed E-state index contributed by atoms with van der Waals surface area (Å²) in [7, 11) is 2.20. The zero-order valence-corrected chi connectivity index (χ0v) is 18.8. The fourth-order valence-corrected chi connectivity index (χ4v) is 5.60. The zero-order chi connectivity index (χ0) is 21.1. The number of fused-ring (bicyclic) bond motifs is 2. The Morgan fingerprint density at radius 2 is 1.86 bits per heavy atom. The molecule has 0 N–H and O–H groups in total. The maximum atomic E-state index is 4.82. The lowest BCUT2D eigenvalue weighted by atomic mass is 9.77. The van der Waals surface area contributed by atoms with E-state index in [9.17, 15) is 0 Å². The van der Waals surface area contributed by atoms with E-state index < -0.39 is 0 Å². The summed E-state index contributed by atoms with van der Waals surface area (Å²) in [6.45, 7) is 19.1. The van der Waals surface area contributed by atoms with E-state index in [2.05, 4.69) is 69.8 Å². The minimum absolute atomic E-state index is 0.317. The molecule has 2 saturated carbocycles. The van der Waals surface area contributed by atoms with Crippen LogP contribution < -0.4 is 0 Å². The molecule has 3 rings (SSSR count). The molecule has 0 aliphatic heterocycles. The standard InChI is InChI=1S/C27H38N2/c1-7-11-22(4)28-18-21(3)27-16-14-26(19-27,15-17-27)20-29(6)23(5)25-13-10-9-12-24(25)8-2/h8-10,12-13H,2-3,5,7,11,14-20H2,1,4,6H3/b28-22+. The predicted molar refractivity (Wildman–Crippen MR) is 128 cm³/mol. The van der Waals surface area contributed by atoms with Crippen LogP contribution in [0, 0.1) is 10.8 Å². The monoisotopic (exact) mass is 390 g/mol. The van der Waals surface area contributed by atoms with Gasteiger partial charge in [0.05, 0.1) is 6.54 Å². The van der Waals surface area contributed by atoms with E-state index in [0.717, 1.165) is 30.8 Å². The van der Waals surface area contributed by atoms with E-state index in [1.54, 1.807) is 0 Å². The van der Waals surface area contributed by atoms with E-state index in [1.807, 2.05) is 6.08 Å². The average molecular weight is 391 g/mol. The summed E-state index contributed by atoms with van der Waals surface area (Å²) >= 11 is 0. The maximum Gasteiger partial charge on any atom is 0.0601 e. The van der Waals surface area contributed by atoms with Crippen LogP contribution in [0.1, 0.15) is 69.9 Å². The first-order chi connectivity index (χ1) is 13.8. The summed E-state index contributed by atoms with van der Waals surface area (Å²) in [6.07, 6.45) is 10.6. The molecular weight excluding hydrogens is 352 g/mol. The number of nitrogens with zero attached hydrogens (tertiary/aromatic N) is 2. The predicted octanol–water partition coefficient (Wildman–Crippen LogP) is 7.00. The fraction of sp³-hybridized carbons (Fsp3) is 0.519. The second-order valence-electron chi connectivity index (χ2n) is 9.46. The van der Waals surface area contributed by atoms with Crippen LogP contribution in [0.4, 0.5) is 0 Å². The Bertz CT molecular complexity index is 806. The van der Waals surface area contributed by atoms with Crippen LogP contribution in [0.5, 0.6) is 0 Å².